The number of nitrogens with zero attached hydrogens (tertiary/aromatic N) is 4. The molecule has 1 aromatic heterocycles. The number of nitrogens with two attached hydrogens (primary N) is 1. The van der Waals surface area contributed by atoms with Crippen molar-refractivity contribution in [2.45, 2.75) is 30.5 Å². The molecule has 1 amide bonds. The normalized spacial score (nSPS) is 16.8. The zero-order valence-corrected chi connectivity index (χ0v) is 12.9. The summed E-state index contributed by atoms with van der Waals surface area (Å²) in [4.78, 5) is 14.4. The molecular weight excluding hydrogens is 298 g/mol. The first-order valence-electron chi connectivity index (χ1n) is 7.45. The van der Waals surface area contributed by atoms with E-state index in [0.29, 0.717) is 17.7 Å². The number of thioether (sulfide) groups is 1. The Kier molecular flexibility index (Phi) is 3.29. The van der Waals surface area contributed by atoms with E-state index >= 15 is 0 Å². The number of anilines is 2. The van der Waals surface area contributed by atoms with Crippen LogP contribution in [0.25, 0.3) is 0 Å². The second-order valence-electron chi connectivity index (χ2n) is 5.65. The van der Waals surface area contributed by atoms with Gasteiger partial charge in [0.2, 0.25) is 11.9 Å². The fraction of sp³-hybridized carbons (Fsp3) is 0.400. The molecule has 0 spiro atoms. The molecule has 0 unspecified atom stereocenters. The summed E-state index contributed by atoms with van der Waals surface area (Å²) in [7, 11) is 0. The van der Waals surface area contributed by atoms with E-state index in [4.69, 9.17) is 5.73 Å². The Hall–Kier alpha value is -2.02. The number of carbonyl (C=O) groups is 1. The summed E-state index contributed by atoms with van der Waals surface area (Å²) in [6.45, 7) is 0.760. The highest BCUT2D eigenvalue weighted by molar-refractivity contribution is 7.99. The standard InChI is InChI=1S/C15H17N5OS/c16-14-17-18-15(20(14)11-5-6-11)22-9-13(21)19-8-7-10-3-1-2-4-12(10)19/h1-4,11H,5-9H2,(H2,16,17). The van der Waals surface area contributed by atoms with Crippen LogP contribution in [0.2, 0.25) is 0 Å². The number of nitrogen functional groups attached to an aromatic ring is 1. The van der Waals surface area contributed by atoms with Crippen molar-refractivity contribution in [3.05, 3.63) is 29.8 Å². The van der Waals surface area contributed by atoms with E-state index in [2.05, 4.69) is 16.3 Å². The highest BCUT2D eigenvalue weighted by Gasteiger charge is 2.30. The molecule has 4 rings (SSSR count). The molecule has 0 bridgehead atoms. The highest BCUT2D eigenvalue weighted by Crippen LogP contribution is 2.39. The molecule has 1 aliphatic carbocycles. The number of amides is 1. The first-order valence-corrected chi connectivity index (χ1v) is 8.44. The molecule has 7 heteroatoms. The van der Waals surface area contributed by atoms with Gasteiger partial charge < -0.3 is 10.6 Å². The van der Waals surface area contributed by atoms with Gasteiger partial charge in [-0.2, -0.15) is 0 Å². The van der Waals surface area contributed by atoms with Crippen LogP contribution >= 0.6 is 11.8 Å². The Morgan fingerprint density at radius 1 is 1.32 bits per heavy atom. The Morgan fingerprint density at radius 2 is 2.14 bits per heavy atom. The summed E-state index contributed by atoms with van der Waals surface area (Å²) in [5, 5.41) is 8.79. The van der Waals surface area contributed by atoms with Gasteiger partial charge >= 0.3 is 0 Å². The maximum atomic E-state index is 12.5. The van der Waals surface area contributed by atoms with Gasteiger partial charge in [-0.05, 0) is 30.9 Å². The van der Waals surface area contributed by atoms with E-state index in [-0.39, 0.29) is 5.91 Å². The number of carbonyl (C=O) groups excluding carboxylic acids is 1. The molecule has 0 atom stereocenters. The highest BCUT2D eigenvalue weighted by atomic mass is 32.2. The van der Waals surface area contributed by atoms with Crippen LogP contribution in [-0.2, 0) is 11.2 Å². The minimum atomic E-state index is 0.110. The van der Waals surface area contributed by atoms with E-state index in [1.807, 2.05) is 27.7 Å². The molecule has 1 saturated carbocycles. The fourth-order valence-electron chi connectivity index (χ4n) is 2.86. The molecular formula is C15H17N5OS. The molecule has 2 aromatic rings. The topological polar surface area (TPSA) is 77.0 Å². The quantitative estimate of drug-likeness (QED) is 0.872. The maximum Gasteiger partial charge on any atom is 0.237 e. The van der Waals surface area contributed by atoms with Crippen LogP contribution < -0.4 is 10.6 Å². The zero-order valence-electron chi connectivity index (χ0n) is 12.1. The van der Waals surface area contributed by atoms with Crippen molar-refractivity contribution in [3.8, 4) is 0 Å². The average molecular weight is 315 g/mol. The summed E-state index contributed by atoms with van der Waals surface area (Å²) in [6.07, 6.45) is 3.16. The van der Waals surface area contributed by atoms with Crippen molar-refractivity contribution in [1.29, 1.82) is 0 Å². The van der Waals surface area contributed by atoms with Crippen LogP contribution in [0.4, 0.5) is 11.6 Å². The van der Waals surface area contributed by atoms with Gasteiger partial charge in [-0.25, -0.2) is 0 Å². The van der Waals surface area contributed by atoms with Gasteiger partial charge in [0.1, 0.15) is 0 Å². The number of hydrogen-bond donors (Lipinski definition) is 1. The minimum absolute atomic E-state index is 0.110. The van der Waals surface area contributed by atoms with Crippen LogP contribution in [0, 0.1) is 0 Å². The second kappa shape index (κ2) is 5.31. The van der Waals surface area contributed by atoms with Gasteiger partial charge in [0.15, 0.2) is 5.16 Å². The Balaban J connectivity index is 1.45. The monoisotopic (exact) mass is 315 g/mol. The SMILES string of the molecule is Nc1nnc(SCC(=O)N2CCc3ccccc32)n1C1CC1. The zero-order chi connectivity index (χ0) is 15.1. The molecule has 22 heavy (non-hydrogen) atoms. The number of para-hydroxylation sites is 1. The predicted octanol–water partition coefficient (Wildman–Crippen LogP) is 1.88. The molecule has 1 fully saturated rings. The Bertz CT molecular complexity index is 724. The van der Waals surface area contributed by atoms with Gasteiger partial charge in [0, 0.05) is 18.3 Å². The first kappa shape index (κ1) is 13.6. The Labute approximate surface area is 132 Å². The van der Waals surface area contributed by atoms with Crippen LogP contribution in [0.1, 0.15) is 24.4 Å². The molecule has 6 nitrogen and oxygen atoms in total. The molecule has 2 aliphatic rings. The third-order valence-corrected chi connectivity index (χ3v) is 5.04. The summed E-state index contributed by atoms with van der Waals surface area (Å²) in [6, 6.07) is 8.50. The van der Waals surface area contributed by atoms with Crippen LogP contribution in [0.5, 0.6) is 0 Å². The van der Waals surface area contributed by atoms with Gasteiger partial charge in [0.25, 0.3) is 0 Å². The van der Waals surface area contributed by atoms with Crippen LogP contribution in [0.3, 0.4) is 0 Å². The van der Waals surface area contributed by atoms with Gasteiger partial charge in [-0.1, -0.05) is 30.0 Å². The number of benzene rings is 1. The summed E-state index contributed by atoms with van der Waals surface area (Å²) in [5.74, 6) is 0.918. The first-order chi connectivity index (χ1) is 10.7. The number of rotatable bonds is 4. The largest absolute Gasteiger partial charge is 0.368 e. The second-order valence-corrected chi connectivity index (χ2v) is 6.60. The smallest absolute Gasteiger partial charge is 0.237 e. The molecule has 2 N–H and O–H groups in total. The number of aromatic nitrogens is 3. The Morgan fingerprint density at radius 3 is 2.95 bits per heavy atom. The number of hydrogen-bond acceptors (Lipinski definition) is 5. The lowest BCUT2D eigenvalue weighted by Crippen LogP contribution is -2.30. The van der Waals surface area contributed by atoms with Crippen molar-refractivity contribution in [2.24, 2.45) is 0 Å². The van der Waals surface area contributed by atoms with Crippen molar-refractivity contribution < 1.29 is 4.79 Å². The van der Waals surface area contributed by atoms with Gasteiger partial charge in [-0.3, -0.25) is 9.36 Å². The van der Waals surface area contributed by atoms with E-state index in [9.17, 15) is 4.79 Å². The van der Waals surface area contributed by atoms with E-state index in [0.717, 1.165) is 36.7 Å². The van der Waals surface area contributed by atoms with E-state index in [1.54, 1.807) is 0 Å². The average Bonchev–Trinajstić information content (AvgIpc) is 3.16. The van der Waals surface area contributed by atoms with Crippen LogP contribution in [0.15, 0.2) is 29.4 Å². The molecule has 0 saturated heterocycles. The summed E-state index contributed by atoms with van der Waals surface area (Å²) in [5.41, 5.74) is 8.13. The van der Waals surface area contributed by atoms with Crippen LogP contribution in [-0.4, -0.2) is 33.0 Å². The molecule has 1 aliphatic heterocycles. The van der Waals surface area contributed by atoms with E-state index in [1.165, 1.54) is 17.3 Å². The summed E-state index contributed by atoms with van der Waals surface area (Å²) >= 11 is 1.42. The van der Waals surface area contributed by atoms with Crippen molar-refractivity contribution >= 4 is 29.3 Å². The molecule has 1 aromatic carbocycles. The third kappa shape index (κ3) is 2.35. The van der Waals surface area contributed by atoms with Crippen molar-refractivity contribution in [2.75, 3.05) is 22.9 Å². The predicted molar refractivity (Wildman–Crippen MR) is 85.9 cm³/mol. The fourth-order valence-corrected chi connectivity index (χ4v) is 3.75. The van der Waals surface area contributed by atoms with Crippen molar-refractivity contribution in [1.82, 2.24) is 14.8 Å². The minimum Gasteiger partial charge on any atom is -0.368 e. The lowest BCUT2D eigenvalue weighted by Gasteiger charge is -2.17. The molecule has 0 radical (unpaired) electrons. The lowest BCUT2D eigenvalue weighted by molar-refractivity contribution is -0.116. The summed E-state index contributed by atoms with van der Waals surface area (Å²) < 4.78 is 1.95. The van der Waals surface area contributed by atoms with Gasteiger partial charge in [0.05, 0.1) is 5.75 Å². The van der Waals surface area contributed by atoms with Crippen molar-refractivity contribution in [3.63, 3.8) is 0 Å². The van der Waals surface area contributed by atoms with E-state index < -0.39 is 0 Å². The van der Waals surface area contributed by atoms with Gasteiger partial charge in [-0.15, -0.1) is 10.2 Å². The maximum absolute atomic E-state index is 12.5. The lowest BCUT2D eigenvalue weighted by atomic mass is 10.2. The third-order valence-electron chi connectivity index (χ3n) is 4.12. The number of fused-ring (bicyclic) bond motifs is 1. The molecule has 114 valence electrons. The molecule has 2 heterocycles.